The van der Waals surface area contributed by atoms with Crippen LogP contribution in [-0.2, 0) is 9.53 Å². The number of piperazine rings is 1. The lowest BCUT2D eigenvalue weighted by molar-refractivity contribution is -0.133. The monoisotopic (exact) mass is 456 g/mol. The van der Waals surface area contributed by atoms with E-state index < -0.39 is 5.56 Å². The standard InChI is InChI=1S/C18H22Cl2N6O4/c1-12(11-30-14-10-23-24-17(28)16(14)20)29-7-2-15(27)25-3-5-26(6-4-25)18-21-8-13(19)9-22-18/h8-10,12H,2-7,11H2,1H3,(H,24,28)/t12-/m0/s1. The third kappa shape index (κ3) is 6.04. The number of carbonyl (C=O) groups excluding carboxylic acids is 1. The van der Waals surface area contributed by atoms with Gasteiger partial charge in [-0.05, 0) is 6.92 Å². The van der Waals surface area contributed by atoms with Crippen LogP contribution < -0.4 is 15.2 Å². The maximum Gasteiger partial charge on any atom is 0.286 e. The van der Waals surface area contributed by atoms with Gasteiger partial charge in [0.25, 0.3) is 5.56 Å². The van der Waals surface area contributed by atoms with Crippen molar-refractivity contribution in [3.05, 3.63) is 39.0 Å². The summed E-state index contributed by atoms with van der Waals surface area (Å²) in [7, 11) is 0. The zero-order valence-corrected chi connectivity index (χ0v) is 17.9. The van der Waals surface area contributed by atoms with Gasteiger partial charge in [-0.25, -0.2) is 15.1 Å². The lowest BCUT2D eigenvalue weighted by atomic mass is 10.3. The van der Waals surface area contributed by atoms with E-state index in [1.54, 1.807) is 17.3 Å². The Hall–Kier alpha value is -2.43. The van der Waals surface area contributed by atoms with Crippen molar-refractivity contribution in [2.24, 2.45) is 0 Å². The maximum absolute atomic E-state index is 12.4. The van der Waals surface area contributed by atoms with Crippen LogP contribution >= 0.6 is 23.2 Å². The van der Waals surface area contributed by atoms with Crippen molar-refractivity contribution in [1.82, 2.24) is 25.1 Å². The van der Waals surface area contributed by atoms with Crippen molar-refractivity contribution in [2.75, 3.05) is 44.3 Å². The molecule has 1 fully saturated rings. The van der Waals surface area contributed by atoms with Crippen LogP contribution in [0.2, 0.25) is 10.0 Å². The van der Waals surface area contributed by atoms with Gasteiger partial charge in [0.15, 0.2) is 10.8 Å². The minimum absolute atomic E-state index is 0.0293. The Kier molecular flexibility index (Phi) is 7.83. The highest BCUT2D eigenvalue weighted by Gasteiger charge is 2.22. The largest absolute Gasteiger partial charge is 0.487 e. The summed E-state index contributed by atoms with van der Waals surface area (Å²) in [6, 6.07) is 0. The second-order valence-electron chi connectivity index (χ2n) is 6.69. The van der Waals surface area contributed by atoms with Gasteiger partial charge in [-0.15, -0.1) is 0 Å². The van der Waals surface area contributed by atoms with Crippen molar-refractivity contribution in [3.63, 3.8) is 0 Å². The first-order valence-corrected chi connectivity index (χ1v) is 10.2. The number of hydrogen-bond donors (Lipinski definition) is 1. The number of amides is 1. The molecule has 0 saturated carbocycles. The number of ether oxygens (including phenoxy) is 2. The molecular formula is C18H22Cl2N6O4. The lowest BCUT2D eigenvalue weighted by Crippen LogP contribution is -2.49. The fraction of sp³-hybridized carbons (Fsp3) is 0.500. The third-order valence-electron chi connectivity index (χ3n) is 4.48. The molecule has 10 nitrogen and oxygen atoms in total. The number of hydrogen-bond acceptors (Lipinski definition) is 8. The fourth-order valence-electron chi connectivity index (χ4n) is 2.85. The molecule has 12 heteroatoms. The van der Waals surface area contributed by atoms with Gasteiger partial charge in [-0.1, -0.05) is 23.2 Å². The highest BCUT2D eigenvalue weighted by atomic mass is 35.5. The number of aromatic amines is 1. The summed E-state index contributed by atoms with van der Waals surface area (Å²) in [6.07, 6.45) is 4.43. The second-order valence-corrected chi connectivity index (χ2v) is 7.50. The second kappa shape index (κ2) is 10.6. The van der Waals surface area contributed by atoms with Gasteiger partial charge in [0, 0.05) is 26.2 Å². The summed E-state index contributed by atoms with van der Waals surface area (Å²) >= 11 is 11.7. The van der Waals surface area contributed by atoms with Crippen molar-refractivity contribution >= 4 is 35.1 Å². The lowest BCUT2D eigenvalue weighted by Gasteiger charge is -2.34. The summed E-state index contributed by atoms with van der Waals surface area (Å²) in [5.41, 5.74) is -0.518. The molecule has 1 amide bonds. The molecule has 1 saturated heterocycles. The van der Waals surface area contributed by atoms with Crippen LogP contribution in [0, 0.1) is 0 Å². The topological polar surface area (TPSA) is 114 Å². The molecule has 0 aromatic carbocycles. The van der Waals surface area contributed by atoms with Crippen LogP contribution in [0.1, 0.15) is 13.3 Å². The van der Waals surface area contributed by atoms with Crippen LogP contribution in [0.25, 0.3) is 0 Å². The highest BCUT2D eigenvalue weighted by molar-refractivity contribution is 6.31. The van der Waals surface area contributed by atoms with E-state index >= 15 is 0 Å². The van der Waals surface area contributed by atoms with Crippen molar-refractivity contribution in [2.45, 2.75) is 19.4 Å². The molecule has 0 spiro atoms. The highest BCUT2D eigenvalue weighted by Crippen LogP contribution is 2.18. The molecule has 0 radical (unpaired) electrons. The summed E-state index contributed by atoms with van der Waals surface area (Å²) in [6.45, 7) is 4.76. The van der Waals surface area contributed by atoms with E-state index in [0.29, 0.717) is 37.1 Å². The van der Waals surface area contributed by atoms with Gasteiger partial charge in [0.05, 0.1) is 42.7 Å². The summed E-state index contributed by atoms with van der Waals surface area (Å²) in [5.74, 6) is 0.829. The van der Waals surface area contributed by atoms with Crippen molar-refractivity contribution < 1.29 is 14.3 Å². The molecule has 1 aliphatic rings. The Morgan fingerprint density at radius 1 is 1.20 bits per heavy atom. The molecule has 0 aliphatic carbocycles. The smallest absolute Gasteiger partial charge is 0.286 e. The molecule has 2 aromatic rings. The van der Waals surface area contributed by atoms with Gasteiger partial charge in [-0.2, -0.15) is 5.10 Å². The number of halogens is 2. The molecule has 1 aliphatic heterocycles. The molecule has 3 rings (SSSR count). The fourth-order valence-corrected chi connectivity index (χ4v) is 3.10. The van der Waals surface area contributed by atoms with E-state index in [4.69, 9.17) is 32.7 Å². The molecular weight excluding hydrogens is 435 g/mol. The quantitative estimate of drug-likeness (QED) is 0.633. The minimum Gasteiger partial charge on any atom is -0.487 e. The summed E-state index contributed by atoms with van der Waals surface area (Å²) < 4.78 is 11.1. The molecule has 0 bridgehead atoms. The molecule has 2 aromatic heterocycles. The minimum atomic E-state index is -0.518. The number of anilines is 1. The van der Waals surface area contributed by atoms with E-state index in [1.807, 2.05) is 11.8 Å². The van der Waals surface area contributed by atoms with Gasteiger partial charge < -0.3 is 19.3 Å². The molecule has 30 heavy (non-hydrogen) atoms. The maximum atomic E-state index is 12.4. The Balaban J connectivity index is 1.35. The predicted octanol–water partition coefficient (Wildman–Crippen LogP) is 1.39. The van der Waals surface area contributed by atoms with Gasteiger partial charge >= 0.3 is 0 Å². The van der Waals surface area contributed by atoms with Crippen LogP contribution in [0.4, 0.5) is 5.95 Å². The number of H-pyrrole nitrogens is 1. The summed E-state index contributed by atoms with van der Waals surface area (Å²) in [5, 5.41) is 6.28. The van der Waals surface area contributed by atoms with E-state index in [9.17, 15) is 9.59 Å². The zero-order valence-electron chi connectivity index (χ0n) is 16.4. The van der Waals surface area contributed by atoms with Crippen molar-refractivity contribution in [3.8, 4) is 5.75 Å². The number of rotatable bonds is 8. The van der Waals surface area contributed by atoms with E-state index in [0.717, 1.165) is 0 Å². The van der Waals surface area contributed by atoms with E-state index in [-0.39, 0.29) is 42.4 Å². The predicted molar refractivity (Wildman–Crippen MR) is 111 cm³/mol. The van der Waals surface area contributed by atoms with Gasteiger partial charge in [-0.3, -0.25) is 9.59 Å². The first-order valence-electron chi connectivity index (χ1n) is 9.42. The molecule has 1 N–H and O–H groups in total. The Morgan fingerprint density at radius 3 is 2.60 bits per heavy atom. The number of aromatic nitrogens is 4. The third-order valence-corrected chi connectivity index (χ3v) is 5.03. The normalized spacial score (nSPS) is 15.2. The number of carbonyl (C=O) groups is 1. The first kappa shape index (κ1) is 22.3. The SMILES string of the molecule is C[C@@H](COc1cn[nH]c(=O)c1Cl)OCCC(=O)N1CCN(c2ncc(Cl)cn2)CC1. The summed E-state index contributed by atoms with van der Waals surface area (Å²) in [4.78, 5) is 36.0. The van der Waals surface area contributed by atoms with Crippen molar-refractivity contribution in [1.29, 1.82) is 0 Å². The number of nitrogens with zero attached hydrogens (tertiary/aromatic N) is 5. The van der Waals surface area contributed by atoms with Gasteiger partial charge in [0.1, 0.15) is 6.61 Å². The Labute approximate surface area is 183 Å². The Bertz CT molecular complexity index is 902. The van der Waals surface area contributed by atoms with Crippen LogP contribution in [0.3, 0.4) is 0 Å². The van der Waals surface area contributed by atoms with E-state index in [1.165, 1.54) is 6.20 Å². The van der Waals surface area contributed by atoms with Gasteiger partial charge in [0.2, 0.25) is 11.9 Å². The van der Waals surface area contributed by atoms with E-state index in [2.05, 4.69) is 20.2 Å². The van der Waals surface area contributed by atoms with Crippen LogP contribution in [0.5, 0.6) is 5.75 Å². The molecule has 3 heterocycles. The molecule has 1 atom stereocenters. The molecule has 162 valence electrons. The van der Waals surface area contributed by atoms with Crippen LogP contribution in [0.15, 0.2) is 23.4 Å². The average molecular weight is 457 g/mol. The average Bonchev–Trinajstić information content (AvgIpc) is 2.75. The first-order chi connectivity index (χ1) is 14.4. The molecule has 0 unspecified atom stereocenters. The zero-order chi connectivity index (χ0) is 21.5. The Morgan fingerprint density at radius 2 is 1.90 bits per heavy atom. The van der Waals surface area contributed by atoms with Crippen LogP contribution in [-0.4, -0.2) is 76.5 Å². The number of nitrogens with one attached hydrogen (secondary N) is 1.